The fraction of sp³-hybridized carbons (Fsp3) is 0.375. The van der Waals surface area contributed by atoms with Gasteiger partial charge in [-0.05, 0) is 30.4 Å². The Kier molecular flexibility index (Phi) is 8.15. The second kappa shape index (κ2) is 11.3. The monoisotopic (exact) mass is 407 g/mol. The lowest BCUT2D eigenvalue weighted by Crippen LogP contribution is -2.31. The number of aromatic nitrogens is 2. The van der Waals surface area contributed by atoms with Crippen LogP contribution in [0.15, 0.2) is 65.1 Å². The molecule has 30 heavy (non-hydrogen) atoms. The van der Waals surface area contributed by atoms with Gasteiger partial charge in [-0.2, -0.15) is 0 Å². The number of aryl methyl sites for hydroxylation is 3. The zero-order chi connectivity index (χ0) is 21.2. The highest BCUT2D eigenvalue weighted by Gasteiger charge is 2.16. The van der Waals surface area contributed by atoms with Gasteiger partial charge < -0.3 is 14.4 Å². The number of unbranched alkanes of at least 4 members (excludes halogenated alkanes) is 1. The van der Waals surface area contributed by atoms with E-state index in [4.69, 9.17) is 4.42 Å². The number of aliphatic hydroxyl groups excluding tert-OH is 1. The fourth-order valence-corrected chi connectivity index (χ4v) is 3.29. The predicted octanol–water partition coefficient (Wildman–Crippen LogP) is 3.76. The summed E-state index contributed by atoms with van der Waals surface area (Å²) in [4.78, 5) is 13.9. The fourth-order valence-electron chi connectivity index (χ4n) is 3.29. The van der Waals surface area contributed by atoms with Gasteiger partial charge in [0, 0.05) is 26.3 Å². The lowest BCUT2D eigenvalue weighted by atomic mass is 10.1. The van der Waals surface area contributed by atoms with Gasteiger partial charge in [0.05, 0.1) is 12.6 Å². The largest absolute Gasteiger partial charge is 0.425 e. The quantitative estimate of drug-likeness (QED) is 0.490. The molecule has 1 atom stereocenters. The number of amides is 1. The van der Waals surface area contributed by atoms with E-state index in [1.165, 1.54) is 5.56 Å². The first-order chi connectivity index (χ1) is 14.6. The average Bonchev–Trinajstić information content (AvgIpc) is 3.24. The first-order valence-corrected chi connectivity index (χ1v) is 10.4. The zero-order valence-electron chi connectivity index (χ0n) is 17.4. The van der Waals surface area contributed by atoms with E-state index >= 15 is 0 Å². The molecule has 3 aromatic rings. The van der Waals surface area contributed by atoms with Crippen LogP contribution in [0.25, 0.3) is 0 Å². The van der Waals surface area contributed by atoms with Crippen molar-refractivity contribution in [2.24, 2.45) is 0 Å². The average molecular weight is 408 g/mol. The Morgan fingerprint density at radius 2 is 1.53 bits per heavy atom. The number of likely N-dealkylation sites (N-methyl/N-ethyl adjacent to an activating group) is 1. The maximum Gasteiger partial charge on any atom is 0.222 e. The van der Waals surface area contributed by atoms with Crippen molar-refractivity contribution in [1.29, 1.82) is 0 Å². The zero-order valence-corrected chi connectivity index (χ0v) is 17.4. The lowest BCUT2D eigenvalue weighted by Gasteiger charge is -2.21. The van der Waals surface area contributed by atoms with Gasteiger partial charge in [0.2, 0.25) is 17.7 Å². The second-order valence-corrected chi connectivity index (χ2v) is 7.48. The third-order valence-electron chi connectivity index (χ3n) is 5.07. The summed E-state index contributed by atoms with van der Waals surface area (Å²) in [6.45, 7) is 0.249. The van der Waals surface area contributed by atoms with Crippen molar-refractivity contribution < 1.29 is 14.3 Å². The van der Waals surface area contributed by atoms with Crippen molar-refractivity contribution in [3.8, 4) is 0 Å². The summed E-state index contributed by atoms with van der Waals surface area (Å²) in [5.74, 6) is 1.05. The summed E-state index contributed by atoms with van der Waals surface area (Å²) in [7, 11) is 1.69. The molecule has 0 radical (unpaired) electrons. The molecule has 0 fully saturated rings. The SMILES string of the molecule is CN(C[C@@H](O)c1ccccc1)C(=O)CCc1nnc(CCCCc2ccccc2)o1. The number of hydrogen-bond donors (Lipinski definition) is 1. The Bertz CT molecular complexity index is 896. The standard InChI is InChI=1S/C24H29N3O3/c1-27(18-21(28)20-13-6-3-7-14-20)24(29)17-16-23-26-25-22(30-23)15-9-8-12-19-10-4-2-5-11-19/h2-7,10-11,13-14,21,28H,8-9,12,15-18H2,1H3/t21-/m1/s1. The van der Waals surface area contributed by atoms with Crippen molar-refractivity contribution in [2.45, 2.75) is 44.6 Å². The number of benzene rings is 2. The number of carbonyl (C=O) groups excluding carboxylic acids is 1. The molecule has 0 aliphatic rings. The first kappa shape index (κ1) is 21.7. The number of hydrogen-bond acceptors (Lipinski definition) is 5. The van der Waals surface area contributed by atoms with Crippen LogP contribution in [0.2, 0.25) is 0 Å². The van der Waals surface area contributed by atoms with Crippen LogP contribution < -0.4 is 0 Å². The van der Waals surface area contributed by atoms with Gasteiger partial charge in [0.1, 0.15) is 0 Å². The molecule has 6 heteroatoms. The maximum atomic E-state index is 12.4. The molecule has 1 heterocycles. The topological polar surface area (TPSA) is 79.5 Å². The van der Waals surface area contributed by atoms with E-state index in [2.05, 4.69) is 34.5 Å². The molecule has 2 aromatic carbocycles. The van der Waals surface area contributed by atoms with Crippen molar-refractivity contribution in [1.82, 2.24) is 15.1 Å². The highest BCUT2D eigenvalue weighted by molar-refractivity contribution is 5.76. The molecule has 1 N–H and O–H groups in total. The van der Waals surface area contributed by atoms with Crippen LogP contribution >= 0.6 is 0 Å². The van der Waals surface area contributed by atoms with Gasteiger partial charge in [-0.25, -0.2) is 0 Å². The van der Waals surface area contributed by atoms with E-state index in [9.17, 15) is 9.90 Å². The molecule has 158 valence electrons. The van der Waals surface area contributed by atoms with E-state index in [1.807, 2.05) is 36.4 Å². The first-order valence-electron chi connectivity index (χ1n) is 10.4. The summed E-state index contributed by atoms with van der Waals surface area (Å²) in [5, 5.41) is 18.4. The highest BCUT2D eigenvalue weighted by Crippen LogP contribution is 2.14. The number of carbonyl (C=O) groups is 1. The van der Waals surface area contributed by atoms with E-state index < -0.39 is 6.10 Å². The molecule has 0 saturated heterocycles. The summed E-state index contributed by atoms with van der Waals surface area (Å²) in [6.07, 6.45) is 3.81. The highest BCUT2D eigenvalue weighted by atomic mass is 16.4. The van der Waals surface area contributed by atoms with Crippen molar-refractivity contribution in [3.05, 3.63) is 83.6 Å². The molecule has 1 aromatic heterocycles. The molecular weight excluding hydrogens is 378 g/mol. The van der Waals surface area contributed by atoms with Crippen LogP contribution in [0.4, 0.5) is 0 Å². The number of aliphatic hydroxyl groups is 1. The van der Waals surface area contributed by atoms with E-state index in [0.29, 0.717) is 18.2 Å². The summed E-state index contributed by atoms with van der Waals surface area (Å²) < 4.78 is 5.67. The van der Waals surface area contributed by atoms with E-state index in [1.54, 1.807) is 11.9 Å². The van der Waals surface area contributed by atoms with Crippen LogP contribution in [0.3, 0.4) is 0 Å². The van der Waals surface area contributed by atoms with E-state index in [0.717, 1.165) is 31.2 Å². The minimum Gasteiger partial charge on any atom is -0.425 e. The predicted molar refractivity (Wildman–Crippen MR) is 115 cm³/mol. The third kappa shape index (κ3) is 6.81. The molecule has 0 spiro atoms. The van der Waals surface area contributed by atoms with Gasteiger partial charge in [-0.1, -0.05) is 60.7 Å². The van der Waals surface area contributed by atoms with Gasteiger partial charge >= 0.3 is 0 Å². The molecule has 3 rings (SSSR count). The van der Waals surface area contributed by atoms with Crippen LogP contribution in [0.1, 0.15) is 48.3 Å². The molecule has 1 amide bonds. The van der Waals surface area contributed by atoms with Crippen LogP contribution in [0.5, 0.6) is 0 Å². The Balaban J connectivity index is 1.36. The van der Waals surface area contributed by atoms with Gasteiger partial charge in [0.25, 0.3) is 0 Å². The lowest BCUT2D eigenvalue weighted by molar-refractivity contribution is -0.131. The Labute approximate surface area is 177 Å². The maximum absolute atomic E-state index is 12.4. The minimum absolute atomic E-state index is 0.0624. The normalized spacial score (nSPS) is 11.9. The van der Waals surface area contributed by atoms with E-state index in [-0.39, 0.29) is 18.9 Å². The molecule has 0 aliphatic heterocycles. The summed E-state index contributed by atoms with van der Waals surface area (Å²) in [5.41, 5.74) is 2.13. The molecule has 0 unspecified atom stereocenters. The Morgan fingerprint density at radius 1 is 0.933 bits per heavy atom. The molecule has 0 aliphatic carbocycles. The Morgan fingerprint density at radius 3 is 2.23 bits per heavy atom. The van der Waals surface area contributed by atoms with Gasteiger partial charge in [0.15, 0.2) is 0 Å². The molecular formula is C24H29N3O3. The van der Waals surface area contributed by atoms with Crippen LogP contribution in [0, 0.1) is 0 Å². The second-order valence-electron chi connectivity index (χ2n) is 7.48. The van der Waals surface area contributed by atoms with Crippen LogP contribution in [-0.2, 0) is 24.1 Å². The molecule has 0 saturated carbocycles. The number of nitrogens with zero attached hydrogens (tertiary/aromatic N) is 3. The van der Waals surface area contributed by atoms with Crippen LogP contribution in [-0.4, -0.2) is 39.7 Å². The summed E-state index contributed by atoms with van der Waals surface area (Å²) in [6, 6.07) is 19.7. The van der Waals surface area contributed by atoms with Crippen molar-refractivity contribution >= 4 is 5.91 Å². The number of rotatable bonds is 11. The summed E-state index contributed by atoms with van der Waals surface area (Å²) >= 11 is 0. The Hall–Kier alpha value is -2.99. The molecule has 0 bridgehead atoms. The van der Waals surface area contributed by atoms with Crippen molar-refractivity contribution in [3.63, 3.8) is 0 Å². The minimum atomic E-state index is -0.703. The smallest absolute Gasteiger partial charge is 0.222 e. The van der Waals surface area contributed by atoms with Crippen molar-refractivity contribution in [2.75, 3.05) is 13.6 Å². The van der Waals surface area contributed by atoms with Gasteiger partial charge in [-0.3, -0.25) is 4.79 Å². The van der Waals surface area contributed by atoms with Gasteiger partial charge in [-0.15, -0.1) is 10.2 Å². The third-order valence-corrected chi connectivity index (χ3v) is 5.07. The molecule has 6 nitrogen and oxygen atoms in total.